The number of ether oxygens (including phenoxy) is 1. The van der Waals surface area contributed by atoms with Gasteiger partial charge >= 0.3 is 0 Å². The second kappa shape index (κ2) is 8.92. The zero-order chi connectivity index (χ0) is 16.7. The molecule has 128 valence electrons. The van der Waals surface area contributed by atoms with Gasteiger partial charge in [0.1, 0.15) is 5.75 Å². The molecule has 0 radical (unpaired) electrons. The van der Waals surface area contributed by atoms with E-state index in [0.717, 1.165) is 50.0 Å². The highest BCUT2D eigenvalue weighted by Gasteiger charge is 2.26. The Balaban J connectivity index is 2.03. The van der Waals surface area contributed by atoms with E-state index in [2.05, 4.69) is 36.6 Å². The first-order valence-electron chi connectivity index (χ1n) is 8.81. The molecule has 0 saturated carbocycles. The van der Waals surface area contributed by atoms with Gasteiger partial charge in [-0.3, -0.25) is 4.79 Å². The summed E-state index contributed by atoms with van der Waals surface area (Å²) in [6.07, 6.45) is 5.08. The van der Waals surface area contributed by atoms with Crippen molar-refractivity contribution < 1.29 is 9.53 Å². The number of piperidine rings is 1. The standard InChI is InChI=1S/C19H30N2O2/c1-4-5-6-18(15-7-9-17(23-3)10-8-15)21-19(22)16-11-12-20-14(2)13-16/h7-10,14,16,18,20H,4-6,11-13H2,1-3H3,(H,21,22)/t14-,16-,18?/m0/s1. The molecule has 0 aromatic heterocycles. The maximum Gasteiger partial charge on any atom is 0.223 e. The van der Waals surface area contributed by atoms with Gasteiger partial charge in [-0.05, 0) is 50.4 Å². The molecule has 3 atom stereocenters. The maximum atomic E-state index is 12.7. The Kier molecular flexibility index (Phi) is 6.90. The molecule has 1 aromatic carbocycles. The third-order valence-electron chi connectivity index (χ3n) is 4.68. The van der Waals surface area contributed by atoms with E-state index in [9.17, 15) is 4.79 Å². The van der Waals surface area contributed by atoms with Crippen molar-refractivity contribution in [3.05, 3.63) is 29.8 Å². The van der Waals surface area contributed by atoms with Gasteiger partial charge < -0.3 is 15.4 Å². The lowest BCUT2D eigenvalue weighted by Gasteiger charge is -2.29. The van der Waals surface area contributed by atoms with Gasteiger partial charge in [0, 0.05) is 12.0 Å². The smallest absolute Gasteiger partial charge is 0.223 e. The van der Waals surface area contributed by atoms with Crippen LogP contribution < -0.4 is 15.4 Å². The molecule has 1 aliphatic heterocycles. The van der Waals surface area contributed by atoms with Crippen LogP contribution >= 0.6 is 0 Å². The van der Waals surface area contributed by atoms with E-state index >= 15 is 0 Å². The third kappa shape index (κ3) is 5.24. The number of methoxy groups -OCH3 is 1. The van der Waals surface area contributed by atoms with Crippen molar-refractivity contribution in [3.8, 4) is 5.75 Å². The number of hydrogen-bond acceptors (Lipinski definition) is 3. The Morgan fingerprint density at radius 3 is 2.74 bits per heavy atom. The van der Waals surface area contributed by atoms with Gasteiger partial charge in [-0.25, -0.2) is 0 Å². The van der Waals surface area contributed by atoms with Crippen molar-refractivity contribution in [1.82, 2.24) is 10.6 Å². The van der Waals surface area contributed by atoms with Crippen LogP contribution in [0.3, 0.4) is 0 Å². The van der Waals surface area contributed by atoms with E-state index in [1.165, 1.54) is 0 Å². The van der Waals surface area contributed by atoms with E-state index in [0.29, 0.717) is 6.04 Å². The first kappa shape index (κ1) is 17.8. The maximum absolute atomic E-state index is 12.7. The third-order valence-corrected chi connectivity index (χ3v) is 4.68. The predicted molar refractivity (Wildman–Crippen MR) is 93.6 cm³/mol. The molecule has 1 amide bonds. The number of hydrogen-bond donors (Lipinski definition) is 2. The molecule has 1 saturated heterocycles. The molecule has 2 N–H and O–H groups in total. The fraction of sp³-hybridized carbons (Fsp3) is 0.632. The first-order valence-corrected chi connectivity index (χ1v) is 8.81. The Labute approximate surface area is 140 Å². The highest BCUT2D eigenvalue weighted by Crippen LogP contribution is 2.24. The fourth-order valence-electron chi connectivity index (χ4n) is 3.23. The average molecular weight is 318 g/mol. The second-order valence-electron chi connectivity index (χ2n) is 6.55. The van der Waals surface area contributed by atoms with Crippen LogP contribution in [0.2, 0.25) is 0 Å². The number of benzene rings is 1. The average Bonchev–Trinajstić information content (AvgIpc) is 2.58. The van der Waals surface area contributed by atoms with Crippen LogP contribution in [0.5, 0.6) is 5.75 Å². The van der Waals surface area contributed by atoms with E-state index in [4.69, 9.17) is 4.74 Å². The molecule has 1 unspecified atom stereocenters. The summed E-state index contributed by atoms with van der Waals surface area (Å²) in [5.41, 5.74) is 1.16. The van der Waals surface area contributed by atoms with Gasteiger partial charge in [0.2, 0.25) is 5.91 Å². The Morgan fingerprint density at radius 2 is 2.13 bits per heavy atom. The number of amides is 1. The molecule has 4 heteroatoms. The summed E-state index contributed by atoms with van der Waals surface area (Å²) in [6, 6.07) is 8.57. The van der Waals surface area contributed by atoms with Gasteiger partial charge in [0.25, 0.3) is 0 Å². The molecule has 0 aliphatic carbocycles. The van der Waals surface area contributed by atoms with Crippen LogP contribution in [-0.4, -0.2) is 25.6 Å². The largest absolute Gasteiger partial charge is 0.497 e. The molecule has 2 rings (SSSR count). The van der Waals surface area contributed by atoms with Crippen LogP contribution in [0.15, 0.2) is 24.3 Å². The molecule has 4 nitrogen and oxygen atoms in total. The predicted octanol–water partition coefficient (Wildman–Crippen LogP) is 3.43. The lowest BCUT2D eigenvalue weighted by Crippen LogP contribution is -2.43. The summed E-state index contributed by atoms with van der Waals surface area (Å²) in [7, 11) is 1.67. The summed E-state index contributed by atoms with van der Waals surface area (Å²) in [5, 5.41) is 6.69. The molecule has 1 heterocycles. The summed E-state index contributed by atoms with van der Waals surface area (Å²) in [4.78, 5) is 12.7. The van der Waals surface area contributed by atoms with Gasteiger partial charge in [-0.2, -0.15) is 0 Å². The molecule has 23 heavy (non-hydrogen) atoms. The van der Waals surface area contributed by atoms with Crippen molar-refractivity contribution in [2.24, 2.45) is 5.92 Å². The van der Waals surface area contributed by atoms with E-state index in [-0.39, 0.29) is 17.9 Å². The monoisotopic (exact) mass is 318 g/mol. The molecule has 0 bridgehead atoms. The van der Waals surface area contributed by atoms with Crippen LogP contribution in [0.25, 0.3) is 0 Å². The van der Waals surface area contributed by atoms with Crippen LogP contribution in [0.4, 0.5) is 0 Å². The second-order valence-corrected chi connectivity index (χ2v) is 6.55. The lowest BCUT2D eigenvalue weighted by atomic mass is 9.91. The topological polar surface area (TPSA) is 50.4 Å². The van der Waals surface area contributed by atoms with Gasteiger partial charge in [-0.15, -0.1) is 0 Å². The number of unbranched alkanes of at least 4 members (excludes halogenated alkanes) is 1. The van der Waals surface area contributed by atoms with Gasteiger partial charge in [0.15, 0.2) is 0 Å². The van der Waals surface area contributed by atoms with Crippen molar-refractivity contribution >= 4 is 5.91 Å². The molecular weight excluding hydrogens is 288 g/mol. The molecular formula is C19H30N2O2. The highest BCUT2D eigenvalue weighted by molar-refractivity contribution is 5.79. The van der Waals surface area contributed by atoms with Crippen molar-refractivity contribution in [1.29, 1.82) is 0 Å². The lowest BCUT2D eigenvalue weighted by molar-refractivity contribution is -0.126. The highest BCUT2D eigenvalue weighted by atomic mass is 16.5. The number of nitrogens with one attached hydrogen (secondary N) is 2. The van der Waals surface area contributed by atoms with Crippen molar-refractivity contribution in [3.63, 3.8) is 0 Å². The van der Waals surface area contributed by atoms with E-state index in [1.807, 2.05) is 12.1 Å². The molecule has 1 aromatic rings. The summed E-state index contributed by atoms with van der Waals surface area (Å²) >= 11 is 0. The first-order chi connectivity index (χ1) is 11.1. The van der Waals surface area contributed by atoms with E-state index < -0.39 is 0 Å². The summed E-state index contributed by atoms with van der Waals surface area (Å²) in [6.45, 7) is 5.26. The zero-order valence-electron chi connectivity index (χ0n) is 14.6. The number of carbonyl (C=O) groups excluding carboxylic acids is 1. The minimum Gasteiger partial charge on any atom is -0.497 e. The summed E-state index contributed by atoms with van der Waals surface area (Å²) in [5.74, 6) is 1.19. The Morgan fingerprint density at radius 1 is 1.39 bits per heavy atom. The van der Waals surface area contributed by atoms with Gasteiger partial charge in [-0.1, -0.05) is 31.9 Å². The van der Waals surface area contributed by atoms with Crippen LogP contribution in [-0.2, 0) is 4.79 Å². The fourth-order valence-corrected chi connectivity index (χ4v) is 3.23. The number of carbonyl (C=O) groups is 1. The quantitative estimate of drug-likeness (QED) is 0.810. The normalized spacial score (nSPS) is 22.4. The van der Waals surface area contributed by atoms with Crippen LogP contribution in [0.1, 0.15) is 57.6 Å². The molecule has 1 aliphatic rings. The Bertz CT molecular complexity index is 487. The summed E-state index contributed by atoms with van der Waals surface area (Å²) < 4.78 is 5.22. The molecule has 0 spiro atoms. The van der Waals surface area contributed by atoms with Gasteiger partial charge in [0.05, 0.1) is 13.2 Å². The molecule has 1 fully saturated rings. The van der Waals surface area contributed by atoms with E-state index in [1.54, 1.807) is 7.11 Å². The minimum atomic E-state index is 0.0959. The van der Waals surface area contributed by atoms with Crippen molar-refractivity contribution in [2.75, 3.05) is 13.7 Å². The Hall–Kier alpha value is -1.55. The minimum absolute atomic E-state index is 0.0959. The zero-order valence-corrected chi connectivity index (χ0v) is 14.6. The van der Waals surface area contributed by atoms with Crippen LogP contribution in [0, 0.1) is 5.92 Å². The number of rotatable bonds is 7. The SMILES string of the molecule is CCCCC(NC(=O)[C@H]1CCN[C@@H](C)C1)c1ccc(OC)cc1. The van der Waals surface area contributed by atoms with Crippen molar-refractivity contribution in [2.45, 2.75) is 58.0 Å².